The molecule has 1 amide bonds. The lowest BCUT2D eigenvalue weighted by Crippen LogP contribution is -2.41. The molecule has 4 nitrogen and oxygen atoms in total. The fourth-order valence-electron chi connectivity index (χ4n) is 1.03. The van der Waals surface area contributed by atoms with Gasteiger partial charge in [0.05, 0.1) is 0 Å². The first-order valence-corrected chi connectivity index (χ1v) is 5.51. The molecule has 0 aliphatic carbocycles. The van der Waals surface area contributed by atoms with Gasteiger partial charge in [0.1, 0.15) is 5.60 Å². The van der Waals surface area contributed by atoms with Gasteiger partial charge in [-0.05, 0) is 40.5 Å². The number of hydrogen-bond acceptors (Lipinski definition) is 3. The molecule has 16 heavy (non-hydrogen) atoms. The second kappa shape index (κ2) is 7.13. The Hall–Kier alpha value is -1.21. The van der Waals surface area contributed by atoms with E-state index in [2.05, 4.69) is 11.8 Å². The highest BCUT2D eigenvalue weighted by molar-refractivity contribution is 5.67. The third kappa shape index (κ3) is 8.13. The van der Waals surface area contributed by atoms with Crippen LogP contribution in [0.5, 0.6) is 0 Å². The van der Waals surface area contributed by atoms with Crippen LogP contribution in [-0.4, -0.2) is 23.2 Å². The van der Waals surface area contributed by atoms with E-state index in [1.165, 1.54) is 0 Å². The summed E-state index contributed by atoms with van der Waals surface area (Å²) in [4.78, 5) is 11.4. The van der Waals surface area contributed by atoms with E-state index in [1.54, 1.807) is 0 Å². The molecule has 0 radical (unpaired) electrons. The molecule has 0 spiro atoms. The van der Waals surface area contributed by atoms with E-state index in [9.17, 15) is 4.79 Å². The van der Waals surface area contributed by atoms with E-state index in [1.807, 2.05) is 27.7 Å². The highest BCUT2D eigenvalue weighted by Gasteiger charge is 2.19. The van der Waals surface area contributed by atoms with Crippen molar-refractivity contribution in [2.45, 2.75) is 52.6 Å². The van der Waals surface area contributed by atoms with Gasteiger partial charge in [-0.25, -0.2) is 15.6 Å². The molecule has 0 fully saturated rings. The molecule has 0 saturated heterocycles. The van der Waals surface area contributed by atoms with Gasteiger partial charge in [-0.3, -0.25) is 0 Å². The molecule has 0 saturated carbocycles. The minimum atomic E-state index is -0.498. The Morgan fingerprint density at radius 2 is 2.00 bits per heavy atom. The molecule has 0 unspecified atom stereocenters. The number of ether oxygens (including phenoxy) is 1. The highest BCUT2D eigenvalue weighted by Crippen LogP contribution is 2.08. The van der Waals surface area contributed by atoms with Crippen molar-refractivity contribution in [3.8, 4) is 11.8 Å². The molecule has 0 heterocycles. The normalized spacial score (nSPS) is 10.3. The fourth-order valence-corrected chi connectivity index (χ4v) is 1.03. The van der Waals surface area contributed by atoms with Gasteiger partial charge in [0, 0.05) is 13.0 Å². The maximum atomic E-state index is 11.4. The Bertz CT molecular complexity index is 271. The number of amides is 1. The average molecular weight is 226 g/mol. The zero-order valence-corrected chi connectivity index (χ0v) is 10.7. The van der Waals surface area contributed by atoms with Crippen molar-refractivity contribution in [3.05, 3.63) is 0 Å². The lowest BCUT2D eigenvalue weighted by atomic mass is 10.2. The number of nitrogens with zero attached hydrogens (tertiary/aromatic N) is 1. The standard InChI is InChI=1S/C12H22N2O2/c1-5-6-7-8-9-10-14(13)11(15)16-12(2,3)4/h7-10,13H2,1-4H3. The summed E-state index contributed by atoms with van der Waals surface area (Å²) in [5, 5.41) is 1.12. The Labute approximate surface area is 98.1 Å². The van der Waals surface area contributed by atoms with E-state index in [-0.39, 0.29) is 0 Å². The van der Waals surface area contributed by atoms with Crippen LogP contribution in [0.2, 0.25) is 0 Å². The van der Waals surface area contributed by atoms with E-state index in [0.717, 1.165) is 24.3 Å². The number of carbonyl (C=O) groups is 1. The lowest BCUT2D eigenvalue weighted by Gasteiger charge is -2.24. The van der Waals surface area contributed by atoms with Crippen molar-refractivity contribution in [1.82, 2.24) is 5.01 Å². The van der Waals surface area contributed by atoms with Gasteiger partial charge in [0.15, 0.2) is 0 Å². The molecule has 0 aliphatic heterocycles. The SMILES string of the molecule is CC#CCCCCN(N)C(=O)OC(C)(C)C. The van der Waals surface area contributed by atoms with Crippen LogP contribution in [0.4, 0.5) is 4.79 Å². The first-order chi connectivity index (χ1) is 7.37. The molecule has 92 valence electrons. The Morgan fingerprint density at radius 3 is 2.50 bits per heavy atom. The predicted octanol–water partition coefficient (Wildman–Crippen LogP) is 2.29. The van der Waals surface area contributed by atoms with Gasteiger partial charge in [0.2, 0.25) is 0 Å². The van der Waals surface area contributed by atoms with Crippen LogP contribution >= 0.6 is 0 Å². The van der Waals surface area contributed by atoms with E-state index in [0.29, 0.717) is 6.54 Å². The molecule has 0 aromatic heterocycles. The maximum Gasteiger partial charge on any atom is 0.424 e. The minimum Gasteiger partial charge on any atom is -0.443 e. The van der Waals surface area contributed by atoms with E-state index in [4.69, 9.17) is 10.6 Å². The van der Waals surface area contributed by atoms with Crippen LogP contribution < -0.4 is 5.84 Å². The third-order valence-corrected chi connectivity index (χ3v) is 1.76. The second-order valence-electron chi connectivity index (χ2n) is 4.56. The molecular formula is C12H22N2O2. The number of unbranched alkanes of at least 4 members (excludes halogenated alkanes) is 2. The Kier molecular flexibility index (Phi) is 6.59. The van der Waals surface area contributed by atoms with Crippen molar-refractivity contribution in [2.24, 2.45) is 5.84 Å². The number of nitrogens with two attached hydrogens (primary N) is 1. The summed E-state index contributed by atoms with van der Waals surface area (Å²) >= 11 is 0. The quantitative estimate of drug-likeness (QED) is 0.263. The largest absolute Gasteiger partial charge is 0.443 e. The van der Waals surface area contributed by atoms with E-state index < -0.39 is 11.7 Å². The molecule has 0 aliphatic rings. The van der Waals surface area contributed by atoms with Gasteiger partial charge < -0.3 is 4.74 Å². The summed E-state index contributed by atoms with van der Waals surface area (Å²) < 4.78 is 5.11. The van der Waals surface area contributed by atoms with Crippen molar-refractivity contribution in [3.63, 3.8) is 0 Å². The number of carbonyl (C=O) groups excluding carboxylic acids is 1. The molecule has 0 bridgehead atoms. The minimum absolute atomic E-state index is 0.478. The summed E-state index contributed by atoms with van der Waals surface area (Å²) in [5.41, 5.74) is -0.498. The number of rotatable bonds is 4. The molecular weight excluding hydrogens is 204 g/mol. The van der Waals surface area contributed by atoms with E-state index >= 15 is 0 Å². The average Bonchev–Trinajstić information content (AvgIpc) is 2.14. The molecule has 0 rings (SSSR count). The first-order valence-electron chi connectivity index (χ1n) is 5.51. The first kappa shape index (κ1) is 14.8. The second-order valence-corrected chi connectivity index (χ2v) is 4.56. The number of hydrazine groups is 1. The summed E-state index contributed by atoms with van der Waals surface area (Å²) in [6, 6.07) is 0. The smallest absolute Gasteiger partial charge is 0.424 e. The lowest BCUT2D eigenvalue weighted by molar-refractivity contribution is 0.0245. The summed E-state index contributed by atoms with van der Waals surface area (Å²) in [6.45, 7) is 7.76. The zero-order valence-electron chi connectivity index (χ0n) is 10.7. The molecule has 4 heteroatoms. The van der Waals surface area contributed by atoms with Crippen LogP contribution in [0.25, 0.3) is 0 Å². The summed E-state index contributed by atoms with van der Waals surface area (Å²) in [7, 11) is 0. The summed E-state index contributed by atoms with van der Waals surface area (Å²) in [5.74, 6) is 11.3. The van der Waals surface area contributed by atoms with Crippen LogP contribution in [-0.2, 0) is 4.74 Å². The van der Waals surface area contributed by atoms with Gasteiger partial charge >= 0.3 is 6.09 Å². The van der Waals surface area contributed by atoms with Crippen LogP contribution in [0.3, 0.4) is 0 Å². The van der Waals surface area contributed by atoms with Crippen molar-refractivity contribution < 1.29 is 9.53 Å². The van der Waals surface area contributed by atoms with Crippen molar-refractivity contribution >= 4 is 6.09 Å². The van der Waals surface area contributed by atoms with Gasteiger partial charge in [-0.2, -0.15) is 0 Å². The molecule has 2 N–H and O–H groups in total. The van der Waals surface area contributed by atoms with Gasteiger partial charge in [0.25, 0.3) is 0 Å². The zero-order chi connectivity index (χ0) is 12.6. The predicted molar refractivity (Wildman–Crippen MR) is 64.4 cm³/mol. The third-order valence-electron chi connectivity index (χ3n) is 1.76. The van der Waals surface area contributed by atoms with Crippen LogP contribution in [0.1, 0.15) is 47.0 Å². The highest BCUT2D eigenvalue weighted by atomic mass is 16.6. The Balaban J connectivity index is 3.74. The molecule has 0 aromatic rings. The van der Waals surface area contributed by atoms with Crippen molar-refractivity contribution in [2.75, 3.05) is 6.54 Å². The van der Waals surface area contributed by atoms with Gasteiger partial charge in [-0.1, -0.05) is 0 Å². The molecule has 0 aromatic carbocycles. The number of hydrogen-bond donors (Lipinski definition) is 1. The molecule has 0 atom stereocenters. The summed E-state index contributed by atoms with van der Waals surface area (Å²) in [6.07, 6.45) is 2.15. The van der Waals surface area contributed by atoms with Crippen LogP contribution in [0, 0.1) is 11.8 Å². The van der Waals surface area contributed by atoms with Gasteiger partial charge in [-0.15, -0.1) is 11.8 Å². The van der Waals surface area contributed by atoms with Crippen LogP contribution in [0.15, 0.2) is 0 Å². The topological polar surface area (TPSA) is 55.6 Å². The van der Waals surface area contributed by atoms with Crippen molar-refractivity contribution in [1.29, 1.82) is 0 Å². The Morgan fingerprint density at radius 1 is 1.38 bits per heavy atom. The fraction of sp³-hybridized carbons (Fsp3) is 0.750. The monoisotopic (exact) mass is 226 g/mol. The maximum absolute atomic E-state index is 11.4.